The number of likely N-dealkylation sites (N-methyl/N-ethyl adjacent to an activating group) is 1. The maximum Gasteiger partial charge on any atom is 0.303 e. The van der Waals surface area contributed by atoms with E-state index < -0.39 is 12.1 Å². The lowest BCUT2D eigenvalue weighted by Crippen LogP contribution is -2.46. The largest absolute Gasteiger partial charge is 0.481 e. The van der Waals surface area contributed by atoms with E-state index in [4.69, 9.17) is 28.3 Å². The van der Waals surface area contributed by atoms with E-state index in [2.05, 4.69) is 43.4 Å². The van der Waals surface area contributed by atoms with Crippen LogP contribution in [0.2, 0.25) is 5.02 Å². The van der Waals surface area contributed by atoms with E-state index in [1.807, 2.05) is 43.4 Å². The number of hydrogen-bond acceptors (Lipinski definition) is 5. The van der Waals surface area contributed by atoms with Crippen molar-refractivity contribution in [2.24, 2.45) is 5.92 Å². The molecule has 0 radical (unpaired) electrons. The Hall–Kier alpha value is -1.80. The van der Waals surface area contributed by atoms with Gasteiger partial charge in [0.15, 0.2) is 0 Å². The van der Waals surface area contributed by atoms with Crippen LogP contribution in [0.5, 0.6) is 0 Å². The molecule has 0 fully saturated rings. The van der Waals surface area contributed by atoms with Crippen LogP contribution >= 0.6 is 35.1 Å². The molecule has 3 rings (SSSR count). The summed E-state index contributed by atoms with van der Waals surface area (Å²) in [5.41, 5.74) is 5.37. The van der Waals surface area contributed by atoms with Crippen LogP contribution in [-0.4, -0.2) is 52.3 Å². The Morgan fingerprint density at radius 2 is 1.85 bits per heavy atom. The quantitative estimate of drug-likeness (QED) is 0.155. The van der Waals surface area contributed by atoms with Gasteiger partial charge in [-0.2, -0.15) is 0 Å². The van der Waals surface area contributed by atoms with Crippen LogP contribution in [0, 0.1) is 5.92 Å². The van der Waals surface area contributed by atoms with E-state index in [0.29, 0.717) is 35.5 Å². The van der Waals surface area contributed by atoms with Crippen molar-refractivity contribution in [3.63, 3.8) is 0 Å². The first-order chi connectivity index (χ1) is 18.8. The summed E-state index contributed by atoms with van der Waals surface area (Å²) in [6.45, 7) is 9.30. The number of rotatable bonds is 14. The third-order valence-electron chi connectivity index (χ3n) is 7.19. The van der Waals surface area contributed by atoms with Gasteiger partial charge in [0.2, 0.25) is 0 Å². The van der Waals surface area contributed by atoms with Crippen molar-refractivity contribution in [3.8, 4) is 0 Å². The Bertz CT molecular complexity index is 1220. The highest BCUT2D eigenvalue weighted by atomic mass is 35.5. The van der Waals surface area contributed by atoms with Gasteiger partial charge in [0.05, 0.1) is 6.10 Å². The number of carbonyl (C=O) groups is 1. The normalized spacial score (nSPS) is 15.8. The number of fused-ring (bicyclic) bond motifs is 1. The van der Waals surface area contributed by atoms with E-state index in [1.54, 1.807) is 18.0 Å². The highest BCUT2D eigenvalue weighted by molar-refractivity contribution is 8.00. The zero-order valence-corrected chi connectivity index (χ0v) is 26.5. The fourth-order valence-electron chi connectivity index (χ4n) is 5.40. The second kappa shape index (κ2) is 14.9. The number of halogens is 2. The number of aliphatic hydroxyl groups is 1. The third kappa shape index (κ3) is 10.2. The number of aliphatic hydroxyl groups excluding tert-OH is 1. The Labute approximate surface area is 253 Å². The molecule has 0 saturated heterocycles. The second-order valence-corrected chi connectivity index (χ2v) is 13.9. The Morgan fingerprint density at radius 3 is 2.42 bits per heavy atom. The standard InChI is InChI=1S/C32H42Cl2N2O3S/c1-21(14-29(22(2)33)28-12-10-23(17-30(28)34)11-13-31(38)39)40-36(5)20-27(37)19-35-32(3,4)18-24-15-25-8-6-7-9-26(25)16-24/h6-10,12,14,17,24,27,35,37H,11,13,15-16,18-20H2,1-5H3,(H,38,39)/b21-14+,29-22-. The predicted octanol–water partition coefficient (Wildman–Crippen LogP) is 7.35. The van der Waals surface area contributed by atoms with E-state index >= 15 is 0 Å². The van der Waals surface area contributed by atoms with Gasteiger partial charge in [0, 0.05) is 40.7 Å². The molecule has 0 aliphatic heterocycles. The molecule has 0 aromatic heterocycles. The lowest BCUT2D eigenvalue weighted by Gasteiger charge is -2.31. The van der Waals surface area contributed by atoms with Crippen LogP contribution in [0.15, 0.2) is 58.5 Å². The molecule has 40 heavy (non-hydrogen) atoms. The van der Waals surface area contributed by atoms with Gasteiger partial charge in [-0.1, -0.05) is 59.6 Å². The van der Waals surface area contributed by atoms with Crippen molar-refractivity contribution in [2.75, 3.05) is 20.1 Å². The monoisotopic (exact) mass is 604 g/mol. The minimum atomic E-state index is -0.836. The molecule has 1 unspecified atom stereocenters. The maximum atomic E-state index is 10.9. The van der Waals surface area contributed by atoms with E-state index in [-0.39, 0.29) is 12.0 Å². The SMILES string of the molecule is C/C(Cl)=C(\C=C(/C)SN(C)CC(O)CNC(C)(C)CC1Cc2ccccc2C1)c1ccc(CCC(=O)O)cc1Cl. The zero-order valence-electron chi connectivity index (χ0n) is 24.1. The minimum absolute atomic E-state index is 0.0586. The van der Waals surface area contributed by atoms with Gasteiger partial charge < -0.3 is 15.5 Å². The molecule has 8 heteroatoms. The van der Waals surface area contributed by atoms with Crippen LogP contribution in [0.4, 0.5) is 0 Å². The highest BCUT2D eigenvalue weighted by Gasteiger charge is 2.28. The summed E-state index contributed by atoms with van der Waals surface area (Å²) >= 11 is 14.6. The fourth-order valence-corrected chi connectivity index (χ4v) is 6.77. The molecule has 2 aromatic carbocycles. The summed E-state index contributed by atoms with van der Waals surface area (Å²) in [4.78, 5) is 11.9. The molecule has 0 bridgehead atoms. The zero-order chi connectivity index (χ0) is 29.4. The predicted molar refractivity (Wildman–Crippen MR) is 170 cm³/mol. The summed E-state index contributed by atoms with van der Waals surface area (Å²) in [5, 5.41) is 24.4. The molecule has 3 N–H and O–H groups in total. The van der Waals surface area contributed by atoms with Crippen molar-refractivity contribution >= 4 is 46.7 Å². The summed E-state index contributed by atoms with van der Waals surface area (Å²) in [6.07, 6.45) is 5.30. The van der Waals surface area contributed by atoms with Gasteiger partial charge in [-0.05, 0) is 118 Å². The van der Waals surface area contributed by atoms with Crippen LogP contribution in [0.1, 0.15) is 62.8 Å². The Morgan fingerprint density at radius 1 is 1.20 bits per heavy atom. The van der Waals surface area contributed by atoms with Crippen molar-refractivity contribution in [1.29, 1.82) is 0 Å². The number of aliphatic carboxylic acids is 1. The number of hydrogen-bond donors (Lipinski definition) is 3. The molecule has 0 saturated carbocycles. The van der Waals surface area contributed by atoms with Crippen LogP contribution < -0.4 is 5.32 Å². The van der Waals surface area contributed by atoms with Gasteiger partial charge >= 0.3 is 5.97 Å². The molecule has 0 spiro atoms. The number of nitrogens with zero attached hydrogens (tertiary/aromatic N) is 1. The van der Waals surface area contributed by atoms with Gasteiger partial charge in [-0.3, -0.25) is 4.79 Å². The van der Waals surface area contributed by atoms with Crippen LogP contribution in [0.25, 0.3) is 5.57 Å². The molecule has 1 atom stereocenters. The maximum absolute atomic E-state index is 10.9. The number of carboxylic acids is 1. The average molecular weight is 606 g/mol. The van der Waals surface area contributed by atoms with Gasteiger partial charge in [-0.25, -0.2) is 4.31 Å². The van der Waals surface area contributed by atoms with Gasteiger partial charge in [-0.15, -0.1) is 0 Å². The number of β-amino-alcohol motifs (C(OH)–C–C–N with tert-alkyl or cyclic N) is 1. The second-order valence-electron chi connectivity index (χ2n) is 11.5. The number of aryl methyl sites for hydroxylation is 1. The van der Waals surface area contributed by atoms with E-state index in [1.165, 1.54) is 11.1 Å². The van der Waals surface area contributed by atoms with E-state index in [0.717, 1.165) is 40.9 Å². The lowest BCUT2D eigenvalue weighted by molar-refractivity contribution is -0.136. The molecule has 5 nitrogen and oxygen atoms in total. The van der Waals surface area contributed by atoms with E-state index in [9.17, 15) is 9.90 Å². The number of nitrogens with one attached hydrogen (secondary N) is 1. The molecule has 1 aliphatic rings. The Balaban J connectivity index is 1.50. The van der Waals surface area contributed by atoms with Crippen LogP contribution in [0.3, 0.4) is 0 Å². The summed E-state index contributed by atoms with van der Waals surface area (Å²) in [7, 11) is 1.97. The first kappa shape index (κ1) is 32.7. The minimum Gasteiger partial charge on any atom is -0.481 e. The molecule has 218 valence electrons. The highest BCUT2D eigenvalue weighted by Crippen LogP contribution is 2.34. The lowest BCUT2D eigenvalue weighted by atomic mass is 9.88. The molecule has 2 aromatic rings. The molecular weight excluding hydrogens is 563 g/mol. The first-order valence-corrected chi connectivity index (χ1v) is 15.3. The topological polar surface area (TPSA) is 72.8 Å². The molecule has 0 amide bonds. The molecule has 0 heterocycles. The number of benzene rings is 2. The number of carboxylic acid groups (broad SMARTS) is 1. The Kier molecular flexibility index (Phi) is 12.2. The first-order valence-electron chi connectivity index (χ1n) is 13.8. The fraction of sp³-hybridized carbons (Fsp3) is 0.469. The average Bonchev–Trinajstić information content (AvgIpc) is 3.26. The van der Waals surface area contributed by atoms with Crippen LogP contribution in [-0.2, 0) is 24.1 Å². The summed E-state index contributed by atoms with van der Waals surface area (Å²) < 4.78 is 2.02. The van der Waals surface area contributed by atoms with Gasteiger partial charge in [0.25, 0.3) is 0 Å². The summed E-state index contributed by atoms with van der Waals surface area (Å²) in [6, 6.07) is 14.3. The smallest absolute Gasteiger partial charge is 0.303 e. The van der Waals surface area contributed by atoms with Gasteiger partial charge in [0.1, 0.15) is 0 Å². The van der Waals surface area contributed by atoms with Crippen molar-refractivity contribution in [1.82, 2.24) is 9.62 Å². The summed E-state index contributed by atoms with van der Waals surface area (Å²) in [5.74, 6) is -0.206. The molecule has 1 aliphatic carbocycles. The van der Waals surface area contributed by atoms with Crippen molar-refractivity contribution < 1.29 is 15.0 Å². The molecular formula is C32H42Cl2N2O3S. The number of allylic oxidation sites excluding steroid dienone is 4. The van der Waals surface area contributed by atoms with Crippen molar-refractivity contribution in [2.45, 2.75) is 71.4 Å². The van der Waals surface area contributed by atoms with Crippen molar-refractivity contribution in [3.05, 3.63) is 85.8 Å². The third-order valence-corrected chi connectivity index (χ3v) is 8.57.